The molecule has 1 rings (SSSR count). The van der Waals surface area contributed by atoms with Crippen LogP contribution in [0.4, 0.5) is 13.2 Å². The fraction of sp³-hybridized carbons (Fsp3) is 0.533. The molecule has 4 nitrogen and oxygen atoms in total. The van der Waals surface area contributed by atoms with Gasteiger partial charge in [-0.2, -0.15) is 0 Å². The maximum absolute atomic E-state index is 12.1. The fourth-order valence-corrected chi connectivity index (χ4v) is 1.91. The highest BCUT2D eigenvalue weighted by Crippen LogP contribution is 2.23. The highest BCUT2D eigenvalue weighted by Gasteiger charge is 2.31. The summed E-state index contributed by atoms with van der Waals surface area (Å²) in [6.45, 7) is 4.88. The number of benzene rings is 1. The van der Waals surface area contributed by atoms with E-state index in [1.807, 2.05) is 13.8 Å². The average molecular weight is 318 g/mol. The number of hydrogen-bond acceptors (Lipinski definition) is 3. The van der Waals surface area contributed by atoms with Crippen LogP contribution in [0.1, 0.15) is 19.4 Å². The van der Waals surface area contributed by atoms with E-state index in [0.717, 1.165) is 0 Å². The highest BCUT2D eigenvalue weighted by atomic mass is 19.4. The molecule has 0 fully saturated rings. The lowest BCUT2D eigenvalue weighted by Gasteiger charge is -2.29. The molecule has 0 aliphatic rings. The lowest BCUT2D eigenvalue weighted by atomic mass is 9.93. The molecule has 1 aromatic rings. The van der Waals surface area contributed by atoms with Crippen molar-refractivity contribution in [2.45, 2.75) is 26.6 Å². The Morgan fingerprint density at radius 3 is 2.23 bits per heavy atom. The van der Waals surface area contributed by atoms with Crippen LogP contribution in [0.2, 0.25) is 0 Å². The normalized spacial score (nSPS) is 12.1. The Hall–Kier alpha value is -1.76. The van der Waals surface area contributed by atoms with Gasteiger partial charge in [-0.25, -0.2) is 0 Å². The van der Waals surface area contributed by atoms with Gasteiger partial charge in [-0.1, -0.05) is 26.0 Å². The van der Waals surface area contributed by atoms with Gasteiger partial charge >= 0.3 is 6.36 Å². The fourth-order valence-electron chi connectivity index (χ4n) is 1.91. The zero-order valence-electron chi connectivity index (χ0n) is 12.9. The van der Waals surface area contributed by atoms with Gasteiger partial charge in [-0.05, 0) is 29.7 Å². The predicted molar refractivity (Wildman–Crippen MR) is 77.3 cm³/mol. The van der Waals surface area contributed by atoms with Gasteiger partial charge in [0.2, 0.25) is 5.91 Å². The lowest BCUT2D eigenvalue weighted by Crippen LogP contribution is -2.40. The molecule has 124 valence electrons. The van der Waals surface area contributed by atoms with Crippen molar-refractivity contribution in [2.75, 3.05) is 20.1 Å². The van der Waals surface area contributed by atoms with Crippen molar-refractivity contribution < 1.29 is 22.7 Å². The summed E-state index contributed by atoms with van der Waals surface area (Å²) in [4.78, 5) is 13.7. The molecule has 0 saturated heterocycles. The maximum atomic E-state index is 12.1. The van der Waals surface area contributed by atoms with E-state index in [9.17, 15) is 18.0 Å². The average Bonchev–Trinajstić information content (AvgIpc) is 2.39. The van der Waals surface area contributed by atoms with E-state index in [0.29, 0.717) is 18.7 Å². The molecular weight excluding hydrogens is 297 g/mol. The number of carbonyl (C=O) groups is 1. The van der Waals surface area contributed by atoms with Crippen LogP contribution in [-0.4, -0.2) is 37.3 Å². The van der Waals surface area contributed by atoms with Crippen molar-refractivity contribution in [3.63, 3.8) is 0 Å². The number of alkyl halides is 3. The standard InChI is InChI=1S/C15H21F3N2O2/c1-14(2,9-19)10-20(3)13(21)8-11-4-6-12(7-5-11)22-15(16,17)18/h4-7H,8-10,19H2,1-3H3. The van der Waals surface area contributed by atoms with E-state index < -0.39 is 6.36 Å². The maximum Gasteiger partial charge on any atom is 0.573 e. The van der Waals surface area contributed by atoms with Gasteiger partial charge in [0.25, 0.3) is 0 Å². The smallest absolute Gasteiger partial charge is 0.406 e. The predicted octanol–water partition coefficient (Wildman–Crippen LogP) is 2.57. The number of ether oxygens (including phenoxy) is 1. The van der Waals surface area contributed by atoms with Gasteiger partial charge in [0.15, 0.2) is 0 Å². The molecule has 1 amide bonds. The van der Waals surface area contributed by atoms with Crippen LogP contribution < -0.4 is 10.5 Å². The van der Waals surface area contributed by atoms with Crippen LogP contribution in [0.15, 0.2) is 24.3 Å². The number of rotatable bonds is 6. The molecule has 1 aromatic carbocycles. The molecule has 0 heterocycles. The van der Waals surface area contributed by atoms with Crippen molar-refractivity contribution in [1.29, 1.82) is 0 Å². The zero-order chi connectivity index (χ0) is 17.0. The Labute approximate surface area is 128 Å². The third kappa shape index (κ3) is 6.34. The second kappa shape index (κ2) is 7.00. The number of hydrogen-bond donors (Lipinski definition) is 1. The first-order chi connectivity index (χ1) is 10.0. The molecule has 0 aliphatic carbocycles. The van der Waals surface area contributed by atoms with Gasteiger partial charge in [-0.3, -0.25) is 4.79 Å². The van der Waals surface area contributed by atoms with E-state index >= 15 is 0 Å². The van der Waals surface area contributed by atoms with Crippen LogP contribution in [-0.2, 0) is 11.2 Å². The topological polar surface area (TPSA) is 55.6 Å². The summed E-state index contributed by atoms with van der Waals surface area (Å²) in [5, 5.41) is 0. The number of likely N-dealkylation sites (N-methyl/N-ethyl adjacent to an activating group) is 1. The third-order valence-corrected chi connectivity index (χ3v) is 3.16. The molecule has 0 radical (unpaired) electrons. The second-order valence-electron chi connectivity index (χ2n) is 5.99. The van der Waals surface area contributed by atoms with Crippen molar-refractivity contribution in [3.8, 4) is 5.75 Å². The Kier molecular flexibility index (Phi) is 5.82. The first-order valence-corrected chi connectivity index (χ1v) is 6.81. The zero-order valence-corrected chi connectivity index (χ0v) is 12.9. The SMILES string of the molecule is CN(CC(C)(C)CN)C(=O)Cc1ccc(OC(F)(F)F)cc1. The molecule has 22 heavy (non-hydrogen) atoms. The molecule has 7 heteroatoms. The van der Waals surface area contributed by atoms with Crippen LogP contribution in [0.5, 0.6) is 5.75 Å². The molecule has 0 aromatic heterocycles. The van der Waals surface area contributed by atoms with Gasteiger partial charge in [0, 0.05) is 13.6 Å². The van der Waals surface area contributed by atoms with Crippen LogP contribution in [0, 0.1) is 5.41 Å². The summed E-state index contributed by atoms with van der Waals surface area (Å²) in [7, 11) is 1.68. The molecule has 0 bridgehead atoms. The molecule has 0 atom stereocenters. The molecule has 0 saturated carbocycles. The van der Waals surface area contributed by atoms with Crippen molar-refractivity contribution in [1.82, 2.24) is 4.90 Å². The molecule has 0 spiro atoms. The first-order valence-electron chi connectivity index (χ1n) is 6.81. The minimum absolute atomic E-state index is 0.115. The summed E-state index contributed by atoms with van der Waals surface area (Å²) in [5.41, 5.74) is 6.07. The molecule has 2 N–H and O–H groups in total. The largest absolute Gasteiger partial charge is 0.573 e. The van der Waals surface area contributed by atoms with E-state index in [-0.39, 0.29) is 23.5 Å². The number of nitrogens with zero attached hydrogens (tertiary/aromatic N) is 1. The van der Waals surface area contributed by atoms with E-state index in [2.05, 4.69) is 4.74 Å². The second-order valence-corrected chi connectivity index (χ2v) is 5.99. The van der Waals surface area contributed by atoms with E-state index in [4.69, 9.17) is 5.73 Å². The number of nitrogens with two attached hydrogens (primary N) is 1. The van der Waals surface area contributed by atoms with Crippen molar-refractivity contribution >= 4 is 5.91 Å². The number of amides is 1. The van der Waals surface area contributed by atoms with Gasteiger partial charge in [-0.15, -0.1) is 13.2 Å². The minimum atomic E-state index is -4.72. The van der Waals surface area contributed by atoms with Crippen molar-refractivity contribution in [2.24, 2.45) is 11.1 Å². The van der Waals surface area contributed by atoms with Gasteiger partial charge < -0.3 is 15.4 Å². The molecule has 0 aliphatic heterocycles. The monoisotopic (exact) mass is 318 g/mol. The quantitative estimate of drug-likeness (QED) is 0.877. The summed E-state index contributed by atoms with van der Waals surface area (Å²) in [6, 6.07) is 5.28. The summed E-state index contributed by atoms with van der Waals surface area (Å²) < 4.78 is 39.9. The Morgan fingerprint density at radius 2 is 1.77 bits per heavy atom. The number of halogens is 3. The Bertz CT molecular complexity index is 499. The Balaban J connectivity index is 2.61. The summed E-state index contributed by atoms with van der Waals surface area (Å²) in [5.74, 6) is -0.424. The van der Waals surface area contributed by atoms with E-state index in [1.54, 1.807) is 11.9 Å². The third-order valence-electron chi connectivity index (χ3n) is 3.16. The summed E-state index contributed by atoms with van der Waals surface area (Å²) >= 11 is 0. The molecule has 0 unspecified atom stereocenters. The molecular formula is C15H21F3N2O2. The van der Waals surface area contributed by atoms with Crippen LogP contribution >= 0.6 is 0 Å². The number of carbonyl (C=O) groups excluding carboxylic acids is 1. The van der Waals surface area contributed by atoms with Crippen LogP contribution in [0.25, 0.3) is 0 Å². The minimum Gasteiger partial charge on any atom is -0.406 e. The van der Waals surface area contributed by atoms with E-state index in [1.165, 1.54) is 24.3 Å². The highest BCUT2D eigenvalue weighted by molar-refractivity contribution is 5.78. The van der Waals surface area contributed by atoms with Crippen molar-refractivity contribution in [3.05, 3.63) is 29.8 Å². The van der Waals surface area contributed by atoms with Crippen LogP contribution in [0.3, 0.4) is 0 Å². The van der Waals surface area contributed by atoms with Gasteiger partial charge in [0.05, 0.1) is 6.42 Å². The lowest BCUT2D eigenvalue weighted by molar-refractivity contribution is -0.274. The van der Waals surface area contributed by atoms with Gasteiger partial charge in [0.1, 0.15) is 5.75 Å². The Morgan fingerprint density at radius 1 is 1.23 bits per heavy atom. The summed E-state index contributed by atoms with van der Waals surface area (Å²) in [6.07, 6.45) is -4.60. The first kappa shape index (κ1) is 18.3.